The van der Waals surface area contributed by atoms with Crippen LogP contribution in [0.4, 0.5) is 17.1 Å². The molecule has 0 saturated carbocycles. The van der Waals surface area contributed by atoms with E-state index in [0.29, 0.717) is 0 Å². The highest BCUT2D eigenvalue weighted by Gasteiger charge is 2.19. The smallest absolute Gasteiger partial charge is 0.135 e. The van der Waals surface area contributed by atoms with E-state index in [9.17, 15) is 0 Å². The standard InChI is InChI=1S/C54H34N2OS/c1-2-14-38(15-3-1)55(40-16-12-13-36(31-40)37-27-30-52-47(32-37)44-19-6-10-23-51(44)57-52)39-28-25-35(26-29-39)46-33-41(34-48-45-20-7-11-24-53(45)58-54(46)48)56-49-21-8-4-17-42(49)43-18-5-9-22-50(43)56/h1-34H. The number of para-hydroxylation sites is 4. The lowest BCUT2D eigenvalue weighted by atomic mass is 10.00. The molecule has 0 aliphatic heterocycles. The summed E-state index contributed by atoms with van der Waals surface area (Å²) in [4.78, 5) is 2.35. The minimum atomic E-state index is 0.903. The van der Waals surface area contributed by atoms with Crippen LogP contribution in [-0.2, 0) is 0 Å². The van der Waals surface area contributed by atoms with E-state index in [1.165, 1.54) is 53.1 Å². The lowest BCUT2D eigenvalue weighted by Crippen LogP contribution is -2.09. The van der Waals surface area contributed by atoms with Gasteiger partial charge in [0.15, 0.2) is 0 Å². The van der Waals surface area contributed by atoms with Crippen molar-refractivity contribution in [3.8, 4) is 27.9 Å². The Bertz CT molecular complexity index is 3460. The molecule has 12 aromatic rings. The summed E-state index contributed by atoms with van der Waals surface area (Å²) >= 11 is 1.88. The number of thiophene rings is 1. The number of anilines is 3. The molecule has 0 saturated heterocycles. The van der Waals surface area contributed by atoms with Crippen molar-refractivity contribution in [1.82, 2.24) is 4.57 Å². The Labute approximate surface area is 338 Å². The largest absolute Gasteiger partial charge is 0.456 e. The quantitative estimate of drug-likeness (QED) is 0.168. The van der Waals surface area contributed by atoms with Crippen molar-refractivity contribution < 1.29 is 4.42 Å². The molecular formula is C54H34N2OS. The molecule has 0 N–H and O–H groups in total. The normalized spacial score (nSPS) is 11.8. The van der Waals surface area contributed by atoms with E-state index >= 15 is 0 Å². The van der Waals surface area contributed by atoms with Crippen LogP contribution in [0.15, 0.2) is 211 Å². The van der Waals surface area contributed by atoms with Gasteiger partial charge in [0.1, 0.15) is 11.2 Å². The monoisotopic (exact) mass is 758 g/mol. The van der Waals surface area contributed by atoms with Crippen LogP contribution in [0.5, 0.6) is 0 Å². The summed E-state index contributed by atoms with van der Waals surface area (Å²) in [7, 11) is 0. The van der Waals surface area contributed by atoms with Gasteiger partial charge in [0.2, 0.25) is 0 Å². The maximum absolute atomic E-state index is 6.15. The number of hydrogen-bond acceptors (Lipinski definition) is 3. The predicted molar refractivity (Wildman–Crippen MR) is 247 cm³/mol. The van der Waals surface area contributed by atoms with Crippen molar-refractivity contribution in [1.29, 1.82) is 0 Å². The number of aromatic nitrogens is 1. The van der Waals surface area contributed by atoms with Gasteiger partial charge in [-0.2, -0.15) is 0 Å². The van der Waals surface area contributed by atoms with Crippen LogP contribution in [-0.4, -0.2) is 4.57 Å². The van der Waals surface area contributed by atoms with Gasteiger partial charge in [-0.15, -0.1) is 11.3 Å². The highest BCUT2D eigenvalue weighted by molar-refractivity contribution is 7.26. The van der Waals surface area contributed by atoms with Gasteiger partial charge >= 0.3 is 0 Å². The third kappa shape index (κ3) is 5.19. The molecule has 4 heteroatoms. The maximum atomic E-state index is 6.15. The minimum absolute atomic E-state index is 0.903. The molecular weight excluding hydrogens is 725 g/mol. The molecule has 0 aliphatic carbocycles. The lowest BCUT2D eigenvalue weighted by molar-refractivity contribution is 0.669. The number of rotatable bonds is 6. The number of benzene rings is 9. The van der Waals surface area contributed by atoms with Gasteiger partial charge in [-0.3, -0.25) is 0 Å². The van der Waals surface area contributed by atoms with E-state index in [1.54, 1.807) is 0 Å². The average molecular weight is 759 g/mol. The van der Waals surface area contributed by atoms with Crippen molar-refractivity contribution in [2.75, 3.05) is 4.90 Å². The molecule has 3 nitrogen and oxygen atoms in total. The molecule has 0 radical (unpaired) electrons. The predicted octanol–water partition coefficient (Wildman–Crippen LogP) is 15.9. The summed E-state index contributed by atoms with van der Waals surface area (Å²) in [6.07, 6.45) is 0. The van der Waals surface area contributed by atoms with Crippen LogP contribution in [0, 0.1) is 0 Å². The molecule has 58 heavy (non-hydrogen) atoms. The Morgan fingerprint density at radius 1 is 0.379 bits per heavy atom. The fourth-order valence-corrected chi connectivity index (χ4v) is 10.1. The number of hydrogen-bond donors (Lipinski definition) is 0. The molecule has 0 aliphatic rings. The maximum Gasteiger partial charge on any atom is 0.135 e. The third-order valence-electron chi connectivity index (χ3n) is 11.6. The van der Waals surface area contributed by atoms with Crippen molar-refractivity contribution in [3.63, 3.8) is 0 Å². The molecule has 3 heterocycles. The second kappa shape index (κ2) is 13.1. The van der Waals surface area contributed by atoms with Crippen LogP contribution in [0.1, 0.15) is 0 Å². The zero-order valence-corrected chi connectivity index (χ0v) is 32.2. The lowest BCUT2D eigenvalue weighted by Gasteiger charge is -2.26. The third-order valence-corrected chi connectivity index (χ3v) is 12.8. The molecule has 0 spiro atoms. The molecule has 12 rings (SSSR count). The molecule has 272 valence electrons. The number of furan rings is 1. The highest BCUT2D eigenvalue weighted by atomic mass is 32.1. The Morgan fingerprint density at radius 2 is 0.983 bits per heavy atom. The van der Waals surface area contributed by atoms with E-state index in [2.05, 4.69) is 204 Å². The first-order chi connectivity index (χ1) is 28.7. The first-order valence-corrected chi connectivity index (χ1v) is 20.5. The SMILES string of the molecule is c1ccc(N(c2ccc(-c3cc(-n4c5ccccc5c5ccccc54)cc4c3sc3ccccc34)cc2)c2cccc(-c3ccc4oc5ccccc5c4c3)c2)cc1. The topological polar surface area (TPSA) is 21.3 Å². The minimum Gasteiger partial charge on any atom is -0.456 e. The first kappa shape index (κ1) is 32.8. The Kier molecular flexibility index (Phi) is 7.40. The zero-order valence-electron chi connectivity index (χ0n) is 31.3. The van der Waals surface area contributed by atoms with Crippen LogP contribution < -0.4 is 4.90 Å². The summed E-state index contributed by atoms with van der Waals surface area (Å²) in [6, 6.07) is 74.5. The van der Waals surface area contributed by atoms with Crippen molar-refractivity contribution in [2.24, 2.45) is 0 Å². The molecule has 9 aromatic carbocycles. The second-order valence-electron chi connectivity index (χ2n) is 14.9. The van der Waals surface area contributed by atoms with E-state index in [0.717, 1.165) is 55.8 Å². The highest BCUT2D eigenvalue weighted by Crippen LogP contribution is 2.44. The Hall–Kier alpha value is -7.40. The van der Waals surface area contributed by atoms with Gasteiger partial charge in [0, 0.05) is 70.0 Å². The average Bonchev–Trinajstić information content (AvgIpc) is 3.96. The molecule has 0 atom stereocenters. The fourth-order valence-electron chi connectivity index (χ4n) is 8.90. The van der Waals surface area contributed by atoms with Crippen molar-refractivity contribution in [2.45, 2.75) is 0 Å². The van der Waals surface area contributed by atoms with E-state index < -0.39 is 0 Å². The summed E-state index contributed by atoms with van der Waals surface area (Å²) in [5.74, 6) is 0. The van der Waals surface area contributed by atoms with E-state index in [4.69, 9.17) is 4.42 Å². The zero-order chi connectivity index (χ0) is 38.2. The Balaban J connectivity index is 1.00. The van der Waals surface area contributed by atoms with Gasteiger partial charge in [-0.05, 0) is 102 Å². The van der Waals surface area contributed by atoms with Crippen LogP contribution >= 0.6 is 11.3 Å². The van der Waals surface area contributed by atoms with Gasteiger partial charge < -0.3 is 13.9 Å². The molecule has 0 bridgehead atoms. The summed E-state index contributed by atoms with van der Waals surface area (Å²) in [5, 5.41) is 7.36. The summed E-state index contributed by atoms with van der Waals surface area (Å²) < 4.78 is 11.2. The molecule has 3 aromatic heterocycles. The summed E-state index contributed by atoms with van der Waals surface area (Å²) in [5.41, 5.74) is 13.4. The van der Waals surface area contributed by atoms with Gasteiger partial charge in [-0.25, -0.2) is 0 Å². The molecule has 0 unspecified atom stereocenters. The Morgan fingerprint density at radius 3 is 1.78 bits per heavy atom. The van der Waals surface area contributed by atoms with Crippen LogP contribution in [0.2, 0.25) is 0 Å². The van der Waals surface area contributed by atoms with Crippen molar-refractivity contribution in [3.05, 3.63) is 206 Å². The van der Waals surface area contributed by atoms with Gasteiger partial charge in [0.25, 0.3) is 0 Å². The number of fused-ring (bicyclic) bond motifs is 9. The van der Waals surface area contributed by atoms with Crippen molar-refractivity contribution >= 4 is 92.3 Å². The van der Waals surface area contributed by atoms with Gasteiger partial charge in [0.05, 0.1) is 11.0 Å². The molecule has 0 fully saturated rings. The van der Waals surface area contributed by atoms with Crippen LogP contribution in [0.3, 0.4) is 0 Å². The number of nitrogens with zero attached hydrogens (tertiary/aromatic N) is 2. The van der Waals surface area contributed by atoms with E-state index in [1.807, 2.05) is 23.5 Å². The second-order valence-corrected chi connectivity index (χ2v) is 16.0. The first-order valence-electron chi connectivity index (χ1n) is 19.7. The van der Waals surface area contributed by atoms with Crippen LogP contribution in [0.25, 0.3) is 91.9 Å². The summed E-state index contributed by atoms with van der Waals surface area (Å²) in [6.45, 7) is 0. The molecule has 0 amide bonds. The van der Waals surface area contributed by atoms with Gasteiger partial charge in [-0.1, -0.05) is 121 Å². The van der Waals surface area contributed by atoms with E-state index in [-0.39, 0.29) is 0 Å². The fraction of sp³-hybridized carbons (Fsp3) is 0.